The van der Waals surface area contributed by atoms with Crippen LogP contribution in [-0.2, 0) is 14.3 Å². The van der Waals surface area contributed by atoms with E-state index >= 15 is 0 Å². The molecule has 0 aliphatic carbocycles. The van der Waals surface area contributed by atoms with E-state index in [4.69, 9.17) is 4.74 Å². The van der Waals surface area contributed by atoms with Crippen molar-refractivity contribution in [2.75, 3.05) is 20.2 Å². The Bertz CT molecular complexity index is 302. The van der Waals surface area contributed by atoms with Crippen molar-refractivity contribution in [3.05, 3.63) is 0 Å². The lowest BCUT2D eigenvalue weighted by Gasteiger charge is -2.34. The fourth-order valence-corrected chi connectivity index (χ4v) is 1.75. The molecule has 2 amide bonds. The Kier molecular flexibility index (Phi) is 4.51. The first-order chi connectivity index (χ1) is 7.89. The minimum atomic E-state index is -0.359. The molecule has 1 saturated heterocycles. The Hall–Kier alpha value is -1.10. The number of rotatable bonds is 5. The number of piperazine rings is 1. The van der Waals surface area contributed by atoms with E-state index in [1.807, 2.05) is 20.8 Å². The molecule has 98 valence electrons. The normalized spacial score (nSPS) is 21.6. The molecule has 1 rings (SSSR count). The van der Waals surface area contributed by atoms with Crippen molar-refractivity contribution in [2.45, 2.75) is 45.3 Å². The zero-order valence-corrected chi connectivity index (χ0v) is 11.1. The standard InChI is InChI=1S/C12H22N2O3/c1-5-9-11(16)14(8-10(15)13-9)7-6-12(2,3)17-4/h9H,5-8H2,1-4H3,(H,13,15). The maximum absolute atomic E-state index is 12.0. The van der Waals surface area contributed by atoms with Gasteiger partial charge in [-0.05, 0) is 26.7 Å². The highest BCUT2D eigenvalue weighted by Crippen LogP contribution is 2.15. The Morgan fingerprint density at radius 1 is 1.47 bits per heavy atom. The van der Waals surface area contributed by atoms with Gasteiger partial charge < -0.3 is 15.0 Å². The summed E-state index contributed by atoms with van der Waals surface area (Å²) in [6.07, 6.45) is 1.35. The van der Waals surface area contributed by atoms with Crippen LogP contribution in [-0.4, -0.2) is 48.6 Å². The third-order valence-electron chi connectivity index (χ3n) is 3.22. The van der Waals surface area contributed by atoms with Crippen LogP contribution in [0.15, 0.2) is 0 Å². The Balaban J connectivity index is 2.57. The van der Waals surface area contributed by atoms with Gasteiger partial charge in [0, 0.05) is 13.7 Å². The average Bonchev–Trinajstić information content (AvgIpc) is 2.30. The molecule has 0 aromatic heterocycles. The second-order valence-electron chi connectivity index (χ2n) is 5.00. The van der Waals surface area contributed by atoms with Crippen LogP contribution in [0.1, 0.15) is 33.6 Å². The van der Waals surface area contributed by atoms with E-state index in [0.717, 1.165) is 6.42 Å². The molecule has 1 unspecified atom stereocenters. The van der Waals surface area contributed by atoms with E-state index < -0.39 is 0 Å². The SMILES string of the molecule is CCC1NC(=O)CN(CCC(C)(C)OC)C1=O. The summed E-state index contributed by atoms with van der Waals surface area (Å²) in [6.45, 7) is 6.56. The van der Waals surface area contributed by atoms with Crippen molar-refractivity contribution in [1.29, 1.82) is 0 Å². The van der Waals surface area contributed by atoms with Gasteiger partial charge in [-0.3, -0.25) is 9.59 Å². The first kappa shape index (κ1) is 14.0. The van der Waals surface area contributed by atoms with E-state index in [0.29, 0.717) is 13.0 Å². The van der Waals surface area contributed by atoms with Crippen molar-refractivity contribution in [3.63, 3.8) is 0 Å². The lowest BCUT2D eigenvalue weighted by molar-refractivity contribution is -0.145. The molecule has 1 atom stereocenters. The average molecular weight is 242 g/mol. The van der Waals surface area contributed by atoms with Gasteiger partial charge in [-0.15, -0.1) is 0 Å². The van der Waals surface area contributed by atoms with Gasteiger partial charge >= 0.3 is 0 Å². The predicted octanol–water partition coefficient (Wildman–Crippen LogP) is 0.538. The maximum Gasteiger partial charge on any atom is 0.245 e. The van der Waals surface area contributed by atoms with Gasteiger partial charge in [-0.1, -0.05) is 6.92 Å². The Morgan fingerprint density at radius 3 is 2.65 bits per heavy atom. The molecule has 0 aromatic carbocycles. The van der Waals surface area contributed by atoms with Crippen molar-refractivity contribution in [1.82, 2.24) is 10.2 Å². The van der Waals surface area contributed by atoms with Gasteiger partial charge in [0.05, 0.1) is 12.1 Å². The highest BCUT2D eigenvalue weighted by Gasteiger charge is 2.32. The summed E-state index contributed by atoms with van der Waals surface area (Å²) in [5.74, 6) is -0.0642. The molecule has 0 aromatic rings. The van der Waals surface area contributed by atoms with Crippen molar-refractivity contribution >= 4 is 11.8 Å². The van der Waals surface area contributed by atoms with Gasteiger partial charge in [0.25, 0.3) is 0 Å². The Labute approximate surface area is 102 Å². The smallest absolute Gasteiger partial charge is 0.245 e. The van der Waals surface area contributed by atoms with Gasteiger partial charge in [0.2, 0.25) is 11.8 Å². The number of carbonyl (C=O) groups excluding carboxylic acids is 2. The van der Waals surface area contributed by atoms with Gasteiger partial charge in [-0.25, -0.2) is 0 Å². The highest BCUT2D eigenvalue weighted by atomic mass is 16.5. The number of nitrogens with zero attached hydrogens (tertiary/aromatic N) is 1. The molecule has 0 saturated carbocycles. The van der Waals surface area contributed by atoms with Gasteiger partial charge in [0.1, 0.15) is 6.04 Å². The molecule has 0 bridgehead atoms. The topological polar surface area (TPSA) is 58.6 Å². The molecule has 1 aliphatic heterocycles. The fraction of sp³-hybridized carbons (Fsp3) is 0.833. The summed E-state index contributed by atoms with van der Waals surface area (Å²) in [6, 6.07) is -0.359. The number of amides is 2. The second kappa shape index (κ2) is 5.49. The quantitative estimate of drug-likeness (QED) is 0.765. The molecule has 1 aliphatic rings. The predicted molar refractivity (Wildman–Crippen MR) is 64.5 cm³/mol. The molecule has 0 spiro atoms. The second-order valence-corrected chi connectivity index (χ2v) is 5.00. The van der Waals surface area contributed by atoms with Crippen LogP contribution in [0.4, 0.5) is 0 Å². The van der Waals surface area contributed by atoms with Crippen molar-refractivity contribution in [2.24, 2.45) is 0 Å². The van der Waals surface area contributed by atoms with Crippen LogP contribution in [0.3, 0.4) is 0 Å². The molecular weight excluding hydrogens is 220 g/mol. The largest absolute Gasteiger partial charge is 0.379 e. The number of carbonyl (C=O) groups is 2. The van der Waals surface area contributed by atoms with Crippen LogP contribution >= 0.6 is 0 Å². The van der Waals surface area contributed by atoms with Gasteiger partial charge in [0.15, 0.2) is 0 Å². The lowest BCUT2D eigenvalue weighted by atomic mass is 10.0. The summed E-state index contributed by atoms with van der Waals surface area (Å²) in [5.41, 5.74) is -0.268. The zero-order valence-electron chi connectivity index (χ0n) is 11.1. The van der Waals surface area contributed by atoms with Crippen LogP contribution in [0.25, 0.3) is 0 Å². The first-order valence-corrected chi connectivity index (χ1v) is 6.03. The van der Waals surface area contributed by atoms with Crippen molar-refractivity contribution in [3.8, 4) is 0 Å². The lowest BCUT2D eigenvalue weighted by Crippen LogP contribution is -2.58. The van der Waals surface area contributed by atoms with Gasteiger partial charge in [-0.2, -0.15) is 0 Å². The first-order valence-electron chi connectivity index (χ1n) is 6.03. The maximum atomic E-state index is 12.0. The number of ether oxygens (including phenoxy) is 1. The summed E-state index contributed by atoms with van der Waals surface area (Å²) < 4.78 is 5.31. The summed E-state index contributed by atoms with van der Waals surface area (Å²) in [7, 11) is 1.65. The van der Waals surface area contributed by atoms with Crippen molar-refractivity contribution < 1.29 is 14.3 Å². The Morgan fingerprint density at radius 2 is 2.12 bits per heavy atom. The molecule has 17 heavy (non-hydrogen) atoms. The number of hydrogen-bond acceptors (Lipinski definition) is 3. The van der Waals surface area contributed by atoms with E-state index in [2.05, 4.69) is 5.32 Å². The van der Waals surface area contributed by atoms with Crippen LogP contribution in [0.2, 0.25) is 0 Å². The molecule has 1 fully saturated rings. The number of methoxy groups -OCH3 is 1. The molecular formula is C12H22N2O3. The summed E-state index contributed by atoms with van der Waals surface area (Å²) in [5, 5.41) is 2.70. The highest BCUT2D eigenvalue weighted by molar-refractivity contribution is 5.94. The van der Waals surface area contributed by atoms with Crippen LogP contribution in [0, 0.1) is 0 Å². The van der Waals surface area contributed by atoms with E-state index in [1.54, 1.807) is 12.0 Å². The number of nitrogens with one attached hydrogen (secondary N) is 1. The van der Waals surface area contributed by atoms with E-state index in [9.17, 15) is 9.59 Å². The third-order valence-corrected chi connectivity index (χ3v) is 3.22. The van der Waals surface area contributed by atoms with E-state index in [1.165, 1.54) is 0 Å². The minimum Gasteiger partial charge on any atom is -0.379 e. The zero-order chi connectivity index (χ0) is 13.1. The molecule has 0 radical (unpaired) electrons. The third kappa shape index (κ3) is 3.70. The summed E-state index contributed by atoms with van der Waals surface area (Å²) in [4.78, 5) is 25.0. The summed E-state index contributed by atoms with van der Waals surface area (Å²) >= 11 is 0. The monoisotopic (exact) mass is 242 g/mol. The molecule has 5 nitrogen and oxygen atoms in total. The van der Waals surface area contributed by atoms with E-state index in [-0.39, 0.29) is 30.0 Å². The molecule has 5 heteroatoms. The van der Waals surface area contributed by atoms with Crippen LogP contribution in [0.5, 0.6) is 0 Å². The molecule has 1 N–H and O–H groups in total. The minimum absolute atomic E-state index is 0.0130. The molecule has 1 heterocycles. The number of hydrogen-bond donors (Lipinski definition) is 1. The fourth-order valence-electron chi connectivity index (χ4n) is 1.75. The van der Waals surface area contributed by atoms with Crippen LogP contribution < -0.4 is 5.32 Å².